The van der Waals surface area contributed by atoms with E-state index in [9.17, 15) is 4.79 Å². The maximum atomic E-state index is 11.8. The first-order chi connectivity index (χ1) is 9.81. The van der Waals surface area contributed by atoms with Crippen LogP contribution in [-0.2, 0) is 0 Å². The lowest BCUT2D eigenvalue weighted by Gasteiger charge is -2.32. The number of rotatable bonds is 3. The Balaban J connectivity index is 1.45. The number of piperidine rings is 1. The average Bonchev–Trinajstić information content (AvgIpc) is 3.12. The smallest absolute Gasteiger partial charge is 0.320 e. The topological polar surface area (TPSA) is 70.2 Å². The van der Waals surface area contributed by atoms with E-state index in [4.69, 9.17) is 0 Å². The van der Waals surface area contributed by atoms with Crippen molar-refractivity contribution >= 4 is 39.9 Å². The van der Waals surface area contributed by atoms with Crippen molar-refractivity contribution < 1.29 is 4.79 Å². The lowest BCUT2D eigenvalue weighted by Crippen LogP contribution is -2.46. The van der Waals surface area contributed by atoms with Crippen LogP contribution in [0.5, 0.6) is 0 Å². The Labute approximate surface area is 125 Å². The molecule has 6 nitrogen and oxygen atoms in total. The molecule has 1 aliphatic heterocycles. The summed E-state index contributed by atoms with van der Waals surface area (Å²) < 4.78 is 8.25. The first-order valence-corrected chi connectivity index (χ1v) is 8.06. The van der Waals surface area contributed by atoms with Crippen LogP contribution in [0.25, 0.3) is 0 Å². The molecule has 2 N–H and O–H groups in total. The SMILES string of the molecule is O=C(Nc1cccs1)NC1CCN(c2cnsn2)CC1. The number of carbonyl (C=O) groups is 1. The molecule has 1 saturated heterocycles. The van der Waals surface area contributed by atoms with Gasteiger partial charge < -0.3 is 10.2 Å². The predicted octanol–water partition coefficient (Wildman–Crippen LogP) is 2.39. The Bertz CT molecular complexity index is 534. The standard InChI is InChI=1S/C12H15N5OS2/c18-12(15-11-2-1-7-19-11)14-9-3-5-17(6-4-9)10-8-13-20-16-10/h1-2,7-9H,3-6H2,(H2,14,15,18). The van der Waals surface area contributed by atoms with E-state index in [1.807, 2.05) is 17.5 Å². The highest BCUT2D eigenvalue weighted by atomic mass is 32.1. The highest BCUT2D eigenvalue weighted by Crippen LogP contribution is 2.18. The summed E-state index contributed by atoms with van der Waals surface area (Å²) in [4.78, 5) is 14.0. The van der Waals surface area contributed by atoms with Crippen LogP contribution in [0.1, 0.15) is 12.8 Å². The van der Waals surface area contributed by atoms with Crippen molar-refractivity contribution in [1.29, 1.82) is 0 Å². The Hall–Kier alpha value is -1.67. The largest absolute Gasteiger partial charge is 0.354 e. The van der Waals surface area contributed by atoms with E-state index in [1.54, 1.807) is 6.20 Å². The van der Waals surface area contributed by atoms with Gasteiger partial charge in [0.2, 0.25) is 0 Å². The van der Waals surface area contributed by atoms with Gasteiger partial charge in [-0.25, -0.2) is 4.79 Å². The van der Waals surface area contributed by atoms with Crippen LogP contribution in [0.2, 0.25) is 0 Å². The van der Waals surface area contributed by atoms with E-state index in [1.165, 1.54) is 23.1 Å². The number of nitrogens with one attached hydrogen (secondary N) is 2. The molecule has 8 heteroatoms. The molecule has 2 amide bonds. The summed E-state index contributed by atoms with van der Waals surface area (Å²) in [5, 5.41) is 8.67. The fourth-order valence-electron chi connectivity index (χ4n) is 2.24. The molecule has 0 aromatic carbocycles. The number of carbonyl (C=O) groups excluding carboxylic acids is 1. The van der Waals surface area contributed by atoms with Crippen molar-refractivity contribution in [3.63, 3.8) is 0 Å². The van der Waals surface area contributed by atoms with Gasteiger partial charge in [-0.3, -0.25) is 5.32 Å². The molecular weight excluding hydrogens is 294 g/mol. The summed E-state index contributed by atoms with van der Waals surface area (Å²) in [6.07, 6.45) is 3.65. The average molecular weight is 309 g/mol. The Kier molecular flexibility index (Phi) is 4.12. The van der Waals surface area contributed by atoms with E-state index in [-0.39, 0.29) is 12.1 Å². The van der Waals surface area contributed by atoms with Crippen molar-refractivity contribution in [3.8, 4) is 0 Å². The van der Waals surface area contributed by atoms with E-state index in [0.717, 1.165) is 36.8 Å². The van der Waals surface area contributed by atoms with Crippen LogP contribution in [0.15, 0.2) is 23.7 Å². The molecule has 20 heavy (non-hydrogen) atoms. The van der Waals surface area contributed by atoms with Gasteiger partial charge in [-0.2, -0.15) is 8.75 Å². The number of thiophene rings is 1. The number of urea groups is 1. The molecule has 1 aliphatic rings. The van der Waals surface area contributed by atoms with Gasteiger partial charge in [0.1, 0.15) is 0 Å². The minimum absolute atomic E-state index is 0.124. The Morgan fingerprint density at radius 2 is 2.25 bits per heavy atom. The maximum Gasteiger partial charge on any atom is 0.320 e. The Morgan fingerprint density at radius 1 is 1.40 bits per heavy atom. The van der Waals surface area contributed by atoms with Crippen LogP contribution in [-0.4, -0.2) is 33.9 Å². The molecule has 0 radical (unpaired) electrons. The molecule has 3 rings (SSSR count). The van der Waals surface area contributed by atoms with Gasteiger partial charge >= 0.3 is 6.03 Å². The number of amides is 2. The van der Waals surface area contributed by atoms with E-state index in [2.05, 4.69) is 24.3 Å². The van der Waals surface area contributed by atoms with Crippen molar-refractivity contribution in [2.75, 3.05) is 23.3 Å². The second-order valence-electron chi connectivity index (χ2n) is 4.60. The molecular formula is C12H15N5OS2. The minimum atomic E-state index is -0.124. The van der Waals surface area contributed by atoms with E-state index >= 15 is 0 Å². The number of hydrogen-bond donors (Lipinski definition) is 2. The lowest BCUT2D eigenvalue weighted by atomic mass is 10.1. The van der Waals surface area contributed by atoms with Gasteiger partial charge in [0.25, 0.3) is 0 Å². The number of hydrogen-bond acceptors (Lipinski definition) is 6. The monoisotopic (exact) mass is 309 g/mol. The summed E-state index contributed by atoms with van der Waals surface area (Å²) in [7, 11) is 0. The fourth-order valence-corrected chi connectivity index (χ4v) is 3.28. The molecule has 0 aliphatic carbocycles. The molecule has 1 fully saturated rings. The van der Waals surface area contributed by atoms with Crippen molar-refractivity contribution in [2.24, 2.45) is 0 Å². The second-order valence-corrected chi connectivity index (χ2v) is 6.11. The van der Waals surface area contributed by atoms with Gasteiger partial charge in [0.05, 0.1) is 22.9 Å². The zero-order valence-corrected chi connectivity index (χ0v) is 12.4. The van der Waals surface area contributed by atoms with Gasteiger partial charge in [-0.05, 0) is 30.4 Å². The summed E-state index contributed by atoms with van der Waals surface area (Å²) in [5.41, 5.74) is 0. The molecule has 2 aromatic heterocycles. The lowest BCUT2D eigenvalue weighted by molar-refractivity contribution is 0.246. The molecule has 106 valence electrons. The molecule has 3 heterocycles. The first-order valence-electron chi connectivity index (χ1n) is 6.45. The van der Waals surface area contributed by atoms with Crippen LogP contribution < -0.4 is 15.5 Å². The zero-order valence-electron chi connectivity index (χ0n) is 10.8. The molecule has 0 spiro atoms. The van der Waals surface area contributed by atoms with Gasteiger partial charge in [-0.1, -0.05) is 0 Å². The molecule has 0 bridgehead atoms. The van der Waals surface area contributed by atoms with Crippen LogP contribution >= 0.6 is 23.1 Å². The Morgan fingerprint density at radius 3 is 2.90 bits per heavy atom. The molecule has 2 aromatic rings. The second kappa shape index (κ2) is 6.19. The van der Waals surface area contributed by atoms with Gasteiger partial charge in [0, 0.05) is 19.1 Å². The number of nitrogens with zero attached hydrogens (tertiary/aromatic N) is 3. The third-order valence-corrected chi connectivity index (χ3v) is 4.52. The van der Waals surface area contributed by atoms with E-state index in [0.29, 0.717) is 0 Å². The third-order valence-electron chi connectivity index (χ3n) is 3.26. The zero-order chi connectivity index (χ0) is 13.8. The predicted molar refractivity (Wildman–Crippen MR) is 81.6 cm³/mol. The number of aromatic nitrogens is 2. The highest BCUT2D eigenvalue weighted by Gasteiger charge is 2.22. The first kappa shape index (κ1) is 13.3. The quantitative estimate of drug-likeness (QED) is 0.913. The summed E-state index contributed by atoms with van der Waals surface area (Å²) >= 11 is 2.74. The summed E-state index contributed by atoms with van der Waals surface area (Å²) in [6, 6.07) is 3.90. The molecule has 0 unspecified atom stereocenters. The van der Waals surface area contributed by atoms with Gasteiger partial charge in [-0.15, -0.1) is 11.3 Å². The van der Waals surface area contributed by atoms with Crippen LogP contribution in [0.4, 0.5) is 15.6 Å². The van der Waals surface area contributed by atoms with Crippen molar-refractivity contribution in [2.45, 2.75) is 18.9 Å². The highest BCUT2D eigenvalue weighted by molar-refractivity contribution is 7.14. The van der Waals surface area contributed by atoms with Crippen molar-refractivity contribution in [3.05, 3.63) is 23.7 Å². The summed E-state index contributed by atoms with van der Waals surface area (Å²) in [6.45, 7) is 1.80. The van der Waals surface area contributed by atoms with E-state index < -0.39 is 0 Å². The minimum Gasteiger partial charge on any atom is -0.354 e. The number of anilines is 2. The van der Waals surface area contributed by atoms with Gasteiger partial charge in [0.15, 0.2) is 5.82 Å². The fraction of sp³-hybridized carbons (Fsp3) is 0.417. The molecule has 0 atom stereocenters. The summed E-state index contributed by atoms with van der Waals surface area (Å²) in [5.74, 6) is 0.941. The van der Waals surface area contributed by atoms with Crippen LogP contribution in [0, 0.1) is 0 Å². The van der Waals surface area contributed by atoms with Crippen molar-refractivity contribution in [1.82, 2.24) is 14.1 Å². The molecule has 0 saturated carbocycles. The third kappa shape index (κ3) is 3.26. The maximum absolute atomic E-state index is 11.8. The normalized spacial score (nSPS) is 16.1. The van der Waals surface area contributed by atoms with Crippen LogP contribution in [0.3, 0.4) is 0 Å².